The number of carbonyl (C=O) groups is 2. The predicted molar refractivity (Wildman–Crippen MR) is 119 cm³/mol. The van der Waals surface area contributed by atoms with E-state index in [1.807, 2.05) is 30.5 Å². The number of H-pyrrole nitrogens is 1. The highest BCUT2D eigenvalue weighted by atomic mass is 16.4. The van der Waals surface area contributed by atoms with Crippen LogP contribution in [0.4, 0.5) is 4.79 Å². The molecule has 160 valence electrons. The number of hydrogen-bond acceptors (Lipinski definition) is 2. The van der Waals surface area contributed by atoms with Crippen LogP contribution in [0.25, 0.3) is 10.9 Å². The van der Waals surface area contributed by atoms with Crippen molar-refractivity contribution in [1.82, 2.24) is 15.2 Å². The van der Waals surface area contributed by atoms with Crippen molar-refractivity contribution in [2.24, 2.45) is 0 Å². The summed E-state index contributed by atoms with van der Waals surface area (Å²) in [5, 5.41) is 13.5. The second-order valence-electron chi connectivity index (χ2n) is 8.83. The van der Waals surface area contributed by atoms with Gasteiger partial charge in [0, 0.05) is 36.6 Å². The fourth-order valence-corrected chi connectivity index (χ4v) is 5.38. The zero-order valence-corrected chi connectivity index (χ0v) is 17.4. The molecule has 1 saturated heterocycles. The number of benzene rings is 2. The first kappa shape index (κ1) is 19.7. The van der Waals surface area contributed by atoms with E-state index in [-0.39, 0.29) is 17.9 Å². The predicted octanol–water partition coefficient (Wildman–Crippen LogP) is 3.85. The number of nitrogens with zero attached hydrogens (tertiary/aromatic N) is 1. The number of nitrogens with one attached hydrogen (secondary N) is 2. The number of aliphatic carboxylic acids is 1. The second kappa shape index (κ2) is 7.76. The average Bonchev–Trinajstić information content (AvgIpc) is 3.36. The molecule has 3 aromatic rings. The third-order valence-electron chi connectivity index (χ3n) is 7.16. The zero-order valence-electron chi connectivity index (χ0n) is 17.4. The highest BCUT2D eigenvalue weighted by Crippen LogP contribution is 2.46. The molecule has 1 aliphatic heterocycles. The monoisotopic (exact) mass is 417 g/mol. The van der Waals surface area contributed by atoms with E-state index in [2.05, 4.69) is 34.6 Å². The first-order valence-corrected chi connectivity index (χ1v) is 11.0. The van der Waals surface area contributed by atoms with E-state index in [9.17, 15) is 14.7 Å². The van der Waals surface area contributed by atoms with Gasteiger partial charge in [0.25, 0.3) is 0 Å². The molecule has 1 spiro atoms. The summed E-state index contributed by atoms with van der Waals surface area (Å²) in [6, 6.07) is 15.2. The molecule has 1 aromatic heterocycles. The van der Waals surface area contributed by atoms with Crippen LogP contribution in [0.5, 0.6) is 0 Å². The smallest absolute Gasteiger partial charge is 0.326 e. The van der Waals surface area contributed by atoms with Crippen LogP contribution in [0, 0.1) is 0 Å². The minimum atomic E-state index is -1.02. The summed E-state index contributed by atoms with van der Waals surface area (Å²) in [5.74, 6) is -1.02. The number of aromatic nitrogens is 1. The third-order valence-corrected chi connectivity index (χ3v) is 7.16. The summed E-state index contributed by atoms with van der Waals surface area (Å²) in [6.07, 6.45) is 6.18. The summed E-state index contributed by atoms with van der Waals surface area (Å²) in [5.41, 5.74) is 4.90. The van der Waals surface area contributed by atoms with Crippen LogP contribution in [0.3, 0.4) is 0 Å². The number of likely N-dealkylation sites (tertiary alicyclic amines) is 1. The van der Waals surface area contributed by atoms with Gasteiger partial charge in [-0.05, 0) is 53.9 Å². The molecule has 0 bridgehead atoms. The van der Waals surface area contributed by atoms with Gasteiger partial charge < -0.3 is 20.3 Å². The Morgan fingerprint density at radius 1 is 1.06 bits per heavy atom. The molecule has 1 atom stereocenters. The Balaban J connectivity index is 1.25. The van der Waals surface area contributed by atoms with Crippen molar-refractivity contribution in [2.45, 2.75) is 43.6 Å². The molecular formula is C25H27N3O3. The normalized spacial score (nSPS) is 18.1. The van der Waals surface area contributed by atoms with Crippen LogP contribution in [0.1, 0.15) is 36.0 Å². The fraction of sp³-hybridized carbons (Fsp3) is 0.360. The van der Waals surface area contributed by atoms with Gasteiger partial charge in [0.05, 0.1) is 0 Å². The van der Waals surface area contributed by atoms with Crippen molar-refractivity contribution in [3.05, 3.63) is 71.4 Å². The highest BCUT2D eigenvalue weighted by molar-refractivity contribution is 5.86. The zero-order chi connectivity index (χ0) is 21.4. The number of rotatable bonds is 4. The second-order valence-corrected chi connectivity index (χ2v) is 8.83. The number of para-hydroxylation sites is 1. The van der Waals surface area contributed by atoms with Gasteiger partial charge in [-0.25, -0.2) is 9.59 Å². The molecule has 1 fully saturated rings. The number of urea groups is 1. The summed E-state index contributed by atoms with van der Waals surface area (Å²) >= 11 is 0. The molecule has 31 heavy (non-hydrogen) atoms. The van der Waals surface area contributed by atoms with Crippen LogP contribution in [0.2, 0.25) is 0 Å². The van der Waals surface area contributed by atoms with Crippen molar-refractivity contribution in [3.63, 3.8) is 0 Å². The van der Waals surface area contributed by atoms with Crippen LogP contribution in [-0.2, 0) is 23.1 Å². The standard InChI is InChI=1S/C25H27N3O3/c29-23(30)22(15-18-16-26-21-8-4-2-6-19(18)21)27-24(31)28-13-11-25(12-14-28)10-9-17-5-1-3-7-20(17)25/h1-8,16,22,26H,9-15H2,(H,27,31)(H,29,30)/t22-/m1/s1. The third kappa shape index (κ3) is 3.56. The molecule has 1 aliphatic carbocycles. The summed E-state index contributed by atoms with van der Waals surface area (Å²) in [4.78, 5) is 29.7. The lowest BCUT2D eigenvalue weighted by molar-refractivity contribution is -0.139. The van der Waals surface area contributed by atoms with Gasteiger partial charge in [-0.3, -0.25) is 0 Å². The molecule has 6 nitrogen and oxygen atoms in total. The van der Waals surface area contributed by atoms with Crippen molar-refractivity contribution in [3.8, 4) is 0 Å². The van der Waals surface area contributed by atoms with E-state index >= 15 is 0 Å². The van der Waals surface area contributed by atoms with Crippen molar-refractivity contribution >= 4 is 22.9 Å². The van der Waals surface area contributed by atoms with E-state index < -0.39 is 12.0 Å². The molecule has 2 amide bonds. The molecule has 6 heteroatoms. The summed E-state index contributed by atoms with van der Waals surface area (Å²) in [6.45, 7) is 1.30. The number of carboxylic acids is 1. The molecular weight excluding hydrogens is 390 g/mol. The van der Waals surface area contributed by atoms with Gasteiger partial charge in [0.1, 0.15) is 6.04 Å². The minimum absolute atomic E-state index is 0.170. The van der Waals surface area contributed by atoms with Crippen molar-refractivity contribution in [1.29, 1.82) is 0 Å². The van der Waals surface area contributed by atoms with Gasteiger partial charge in [-0.1, -0.05) is 42.5 Å². The molecule has 0 saturated carbocycles. The number of amides is 2. The van der Waals surface area contributed by atoms with Crippen molar-refractivity contribution in [2.75, 3.05) is 13.1 Å². The maximum atomic E-state index is 12.9. The average molecular weight is 418 g/mol. The Hall–Kier alpha value is -3.28. The number of carboxylic acid groups (broad SMARTS) is 1. The van der Waals surface area contributed by atoms with Crippen LogP contribution >= 0.6 is 0 Å². The number of piperidine rings is 1. The maximum Gasteiger partial charge on any atom is 0.326 e. The lowest BCUT2D eigenvalue weighted by Gasteiger charge is -2.40. The van der Waals surface area contributed by atoms with E-state index in [1.165, 1.54) is 11.1 Å². The lowest BCUT2D eigenvalue weighted by atomic mass is 9.74. The molecule has 2 aromatic carbocycles. The Labute approximate surface area is 181 Å². The number of aryl methyl sites for hydroxylation is 1. The number of hydrogen-bond donors (Lipinski definition) is 3. The number of fused-ring (bicyclic) bond motifs is 3. The Bertz CT molecular complexity index is 1130. The Morgan fingerprint density at radius 3 is 2.61 bits per heavy atom. The first-order chi connectivity index (χ1) is 15.1. The fourth-order valence-electron chi connectivity index (χ4n) is 5.38. The molecule has 2 aliphatic rings. The largest absolute Gasteiger partial charge is 0.480 e. The van der Waals surface area contributed by atoms with Gasteiger partial charge >= 0.3 is 12.0 Å². The SMILES string of the molecule is O=C(O)[C@@H](Cc1c[nH]c2ccccc12)NC(=O)N1CCC2(CCc3ccccc32)CC1. The summed E-state index contributed by atoms with van der Waals surface area (Å²) in [7, 11) is 0. The Kier molecular flexibility index (Phi) is 4.93. The quantitative estimate of drug-likeness (QED) is 0.603. The molecule has 5 rings (SSSR count). The van der Waals surface area contributed by atoms with Crippen LogP contribution < -0.4 is 5.32 Å². The number of aromatic amines is 1. The molecule has 2 heterocycles. The Morgan fingerprint density at radius 2 is 1.81 bits per heavy atom. The van der Waals surface area contributed by atoms with Crippen LogP contribution in [0.15, 0.2) is 54.7 Å². The van der Waals surface area contributed by atoms with Crippen molar-refractivity contribution < 1.29 is 14.7 Å². The molecule has 0 radical (unpaired) electrons. The minimum Gasteiger partial charge on any atom is -0.480 e. The topological polar surface area (TPSA) is 85.4 Å². The van der Waals surface area contributed by atoms with E-state index in [4.69, 9.17) is 0 Å². The number of carbonyl (C=O) groups excluding carboxylic acids is 1. The van der Waals surface area contributed by atoms with Gasteiger partial charge in [0.2, 0.25) is 0 Å². The van der Waals surface area contributed by atoms with E-state index in [1.54, 1.807) is 4.90 Å². The highest BCUT2D eigenvalue weighted by Gasteiger charge is 2.42. The van der Waals surface area contributed by atoms with E-state index in [0.29, 0.717) is 13.1 Å². The van der Waals surface area contributed by atoms with Gasteiger partial charge in [-0.2, -0.15) is 0 Å². The molecule has 0 unspecified atom stereocenters. The summed E-state index contributed by atoms with van der Waals surface area (Å²) < 4.78 is 0. The maximum absolute atomic E-state index is 12.9. The molecule has 3 N–H and O–H groups in total. The van der Waals surface area contributed by atoms with Gasteiger partial charge in [0.15, 0.2) is 0 Å². The first-order valence-electron chi connectivity index (χ1n) is 11.0. The van der Waals surface area contributed by atoms with E-state index in [0.717, 1.165) is 42.1 Å². The van der Waals surface area contributed by atoms with Crippen LogP contribution in [-0.4, -0.2) is 46.1 Å². The lowest BCUT2D eigenvalue weighted by Crippen LogP contribution is -2.52. The van der Waals surface area contributed by atoms with Gasteiger partial charge in [-0.15, -0.1) is 0 Å².